The molecule has 0 aromatic carbocycles. The SMILES string of the molecule is CCC(CNS(C)(=O)=O)Nc1ncc(F)c(-c2ccsc2)n1. The van der Waals surface area contributed by atoms with Crippen LogP contribution in [0.3, 0.4) is 0 Å². The molecule has 0 spiro atoms. The Morgan fingerprint density at radius 3 is 2.82 bits per heavy atom. The van der Waals surface area contributed by atoms with Crippen LogP contribution in [-0.2, 0) is 10.0 Å². The second-order valence-corrected chi connectivity index (χ2v) is 7.39. The van der Waals surface area contributed by atoms with Crippen LogP contribution in [0.1, 0.15) is 13.3 Å². The van der Waals surface area contributed by atoms with Gasteiger partial charge in [0.25, 0.3) is 0 Å². The van der Waals surface area contributed by atoms with E-state index in [9.17, 15) is 12.8 Å². The topological polar surface area (TPSA) is 84.0 Å². The first-order valence-electron chi connectivity index (χ1n) is 6.65. The quantitative estimate of drug-likeness (QED) is 0.803. The van der Waals surface area contributed by atoms with Crippen LogP contribution >= 0.6 is 11.3 Å². The number of hydrogen-bond donors (Lipinski definition) is 2. The number of rotatable bonds is 7. The Bertz CT molecular complexity index is 720. The van der Waals surface area contributed by atoms with E-state index in [-0.39, 0.29) is 24.2 Å². The average molecular weight is 344 g/mol. The van der Waals surface area contributed by atoms with Gasteiger partial charge in [0, 0.05) is 23.5 Å². The fourth-order valence-electron chi connectivity index (χ4n) is 1.77. The van der Waals surface area contributed by atoms with Crippen molar-refractivity contribution >= 4 is 27.3 Å². The van der Waals surface area contributed by atoms with Gasteiger partial charge in [-0.3, -0.25) is 0 Å². The summed E-state index contributed by atoms with van der Waals surface area (Å²) in [6, 6.07) is 1.60. The number of nitrogens with one attached hydrogen (secondary N) is 2. The molecule has 2 heterocycles. The lowest BCUT2D eigenvalue weighted by molar-refractivity contribution is 0.575. The third-order valence-electron chi connectivity index (χ3n) is 2.96. The normalized spacial score (nSPS) is 13.0. The highest BCUT2D eigenvalue weighted by Crippen LogP contribution is 2.23. The first kappa shape index (κ1) is 16.8. The fraction of sp³-hybridized carbons (Fsp3) is 0.385. The zero-order chi connectivity index (χ0) is 16.2. The molecular formula is C13H17FN4O2S2. The third-order valence-corrected chi connectivity index (χ3v) is 4.33. The molecule has 22 heavy (non-hydrogen) atoms. The molecule has 0 radical (unpaired) electrons. The van der Waals surface area contributed by atoms with Gasteiger partial charge in [0.2, 0.25) is 16.0 Å². The van der Waals surface area contributed by atoms with Crippen LogP contribution in [0.15, 0.2) is 23.0 Å². The minimum Gasteiger partial charge on any atom is -0.350 e. The second kappa shape index (κ2) is 7.12. The number of hydrogen-bond acceptors (Lipinski definition) is 6. The van der Waals surface area contributed by atoms with Gasteiger partial charge in [-0.1, -0.05) is 6.92 Å². The summed E-state index contributed by atoms with van der Waals surface area (Å²) in [6.07, 6.45) is 2.87. The lowest BCUT2D eigenvalue weighted by Gasteiger charge is -2.17. The van der Waals surface area contributed by atoms with E-state index >= 15 is 0 Å². The standard InChI is InChI=1S/C13H17FN4O2S2/c1-3-10(6-16-22(2,19)20)17-13-15-7-11(14)12(18-13)9-4-5-21-8-9/h4-5,7-8,10,16H,3,6H2,1-2H3,(H,15,17,18). The molecule has 120 valence electrons. The molecule has 0 bridgehead atoms. The number of thiophene rings is 1. The van der Waals surface area contributed by atoms with Crippen LogP contribution in [0.25, 0.3) is 11.3 Å². The average Bonchev–Trinajstić information content (AvgIpc) is 2.98. The Morgan fingerprint density at radius 2 is 2.23 bits per heavy atom. The summed E-state index contributed by atoms with van der Waals surface area (Å²) in [5.74, 6) is -0.226. The van der Waals surface area contributed by atoms with Gasteiger partial charge in [-0.15, -0.1) is 0 Å². The van der Waals surface area contributed by atoms with Crippen molar-refractivity contribution in [3.8, 4) is 11.3 Å². The van der Waals surface area contributed by atoms with Crippen molar-refractivity contribution in [2.75, 3.05) is 18.1 Å². The number of nitrogens with zero attached hydrogens (tertiary/aromatic N) is 2. The van der Waals surface area contributed by atoms with Crippen molar-refractivity contribution in [3.05, 3.63) is 28.8 Å². The van der Waals surface area contributed by atoms with Crippen molar-refractivity contribution in [2.45, 2.75) is 19.4 Å². The molecule has 0 aliphatic heterocycles. The van der Waals surface area contributed by atoms with Crippen molar-refractivity contribution in [3.63, 3.8) is 0 Å². The molecule has 0 aliphatic carbocycles. The van der Waals surface area contributed by atoms with E-state index < -0.39 is 15.8 Å². The van der Waals surface area contributed by atoms with Gasteiger partial charge in [-0.25, -0.2) is 27.5 Å². The minimum absolute atomic E-state index is 0.185. The Kier molecular flexibility index (Phi) is 5.43. The highest BCUT2D eigenvalue weighted by molar-refractivity contribution is 7.88. The van der Waals surface area contributed by atoms with E-state index in [1.807, 2.05) is 12.3 Å². The maximum absolute atomic E-state index is 13.8. The molecule has 6 nitrogen and oxygen atoms in total. The van der Waals surface area contributed by atoms with Gasteiger partial charge in [0.15, 0.2) is 5.82 Å². The lowest BCUT2D eigenvalue weighted by atomic mass is 10.2. The molecule has 2 rings (SSSR count). The smallest absolute Gasteiger partial charge is 0.223 e. The van der Waals surface area contributed by atoms with Crippen LogP contribution in [0, 0.1) is 5.82 Å². The molecule has 2 aromatic heterocycles. The van der Waals surface area contributed by atoms with E-state index in [0.29, 0.717) is 12.0 Å². The summed E-state index contributed by atoms with van der Waals surface area (Å²) in [4.78, 5) is 8.09. The maximum atomic E-state index is 13.8. The first-order chi connectivity index (χ1) is 10.4. The molecule has 2 N–H and O–H groups in total. The summed E-state index contributed by atoms with van der Waals surface area (Å²) >= 11 is 1.45. The summed E-state index contributed by atoms with van der Waals surface area (Å²) in [7, 11) is -3.26. The number of aromatic nitrogens is 2. The van der Waals surface area contributed by atoms with Gasteiger partial charge < -0.3 is 5.32 Å². The Balaban J connectivity index is 2.13. The van der Waals surface area contributed by atoms with Gasteiger partial charge in [0.05, 0.1) is 12.5 Å². The highest BCUT2D eigenvalue weighted by atomic mass is 32.2. The molecule has 0 amide bonds. The summed E-state index contributed by atoms with van der Waals surface area (Å²) < 4.78 is 38.5. The molecule has 0 saturated carbocycles. The van der Waals surface area contributed by atoms with Gasteiger partial charge in [-0.05, 0) is 17.9 Å². The zero-order valence-electron chi connectivity index (χ0n) is 12.2. The van der Waals surface area contributed by atoms with Crippen LogP contribution in [0.4, 0.5) is 10.3 Å². The largest absolute Gasteiger partial charge is 0.350 e. The number of anilines is 1. The highest BCUT2D eigenvalue weighted by Gasteiger charge is 2.14. The Labute approximate surface area is 132 Å². The number of halogens is 1. The molecule has 0 fully saturated rings. The van der Waals surface area contributed by atoms with Crippen molar-refractivity contribution in [1.29, 1.82) is 0 Å². The van der Waals surface area contributed by atoms with E-state index in [1.54, 1.807) is 11.4 Å². The Morgan fingerprint density at radius 1 is 1.45 bits per heavy atom. The molecule has 1 atom stereocenters. The van der Waals surface area contributed by atoms with Crippen LogP contribution < -0.4 is 10.0 Å². The van der Waals surface area contributed by atoms with Gasteiger partial charge in [-0.2, -0.15) is 11.3 Å². The second-order valence-electron chi connectivity index (χ2n) is 4.77. The fourth-order valence-corrected chi connectivity index (χ4v) is 2.91. The summed E-state index contributed by atoms with van der Waals surface area (Å²) in [6.45, 7) is 2.12. The molecule has 2 aromatic rings. The van der Waals surface area contributed by atoms with Gasteiger partial charge >= 0.3 is 0 Å². The van der Waals surface area contributed by atoms with Gasteiger partial charge in [0.1, 0.15) is 5.69 Å². The zero-order valence-corrected chi connectivity index (χ0v) is 13.8. The molecule has 9 heteroatoms. The monoisotopic (exact) mass is 344 g/mol. The van der Waals surface area contributed by atoms with E-state index in [4.69, 9.17) is 0 Å². The van der Waals surface area contributed by atoms with Crippen LogP contribution in [0.5, 0.6) is 0 Å². The van der Waals surface area contributed by atoms with E-state index in [0.717, 1.165) is 12.5 Å². The third kappa shape index (κ3) is 4.72. The molecule has 0 saturated heterocycles. The van der Waals surface area contributed by atoms with E-state index in [2.05, 4.69) is 20.0 Å². The van der Waals surface area contributed by atoms with Crippen LogP contribution in [0.2, 0.25) is 0 Å². The predicted molar refractivity (Wildman–Crippen MR) is 85.9 cm³/mol. The molecular weight excluding hydrogens is 327 g/mol. The first-order valence-corrected chi connectivity index (χ1v) is 9.48. The van der Waals surface area contributed by atoms with E-state index in [1.165, 1.54) is 11.3 Å². The Hall–Kier alpha value is -1.58. The number of sulfonamides is 1. The maximum Gasteiger partial charge on any atom is 0.223 e. The minimum atomic E-state index is -3.26. The molecule has 1 unspecified atom stereocenters. The summed E-state index contributed by atoms with van der Waals surface area (Å²) in [5, 5.41) is 6.66. The van der Waals surface area contributed by atoms with Crippen molar-refractivity contribution < 1.29 is 12.8 Å². The van der Waals surface area contributed by atoms with Crippen molar-refractivity contribution in [2.24, 2.45) is 0 Å². The predicted octanol–water partition coefficient (Wildman–Crippen LogP) is 2.08. The summed E-state index contributed by atoms with van der Waals surface area (Å²) in [5.41, 5.74) is 0.917. The molecule has 0 aliphatic rings. The van der Waals surface area contributed by atoms with Crippen molar-refractivity contribution in [1.82, 2.24) is 14.7 Å². The lowest BCUT2D eigenvalue weighted by Crippen LogP contribution is -2.36. The van der Waals surface area contributed by atoms with Crippen LogP contribution in [-0.4, -0.2) is 37.2 Å².